The Morgan fingerprint density at radius 2 is 2.00 bits per heavy atom. The first-order chi connectivity index (χ1) is 12.7. The Kier molecular flexibility index (Phi) is 5.21. The van der Waals surface area contributed by atoms with E-state index in [-0.39, 0.29) is 5.56 Å². The molecule has 0 spiro atoms. The fourth-order valence-electron chi connectivity index (χ4n) is 3.15. The third-order valence-electron chi connectivity index (χ3n) is 4.45. The highest BCUT2D eigenvalue weighted by molar-refractivity contribution is 5.88. The number of aromatic nitrogens is 2. The largest absolute Gasteiger partial charge is 0.478 e. The zero-order chi connectivity index (χ0) is 19.6. The summed E-state index contributed by atoms with van der Waals surface area (Å²) in [6.45, 7) is 6.88. The number of imidazole rings is 1. The fourth-order valence-corrected chi connectivity index (χ4v) is 3.15. The molecule has 1 atom stereocenters. The first kappa shape index (κ1) is 18.9. The van der Waals surface area contributed by atoms with Crippen LogP contribution in [0.15, 0.2) is 30.5 Å². The summed E-state index contributed by atoms with van der Waals surface area (Å²) in [6, 6.07) is 6.73. The number of nitrogens with zero attached hydrogens (tertiary/aromatic N) is 2. The topological polar surface area (TPSA) is 93.4 Å². The number of aromatic carboxylic acids is 1. The molecule has 144 valence electrons. The Bertz CT molecular complexity index is 834. The molecule has 1 aromatic carbocycles. The zero-order valence-corrected chi connectivity index (χ0v) is 15.9. The monoisotopic (exact) mass is 371 g/mol. The molecule has 7 heteroatoms. The van der Waals surface area contributed by atoms with E-state index in [1.807, 2.05) is 27.0 Å². The second kappa shape index (κ2) is 7.42. The molecule has 2 heterocycles. The summed E-state index contributed by atoms with van der Waals surface area (Å²) in [6.07, 6.45) is 3.39. The van der Waals surface area contributed by atoms with Crippen LogP contribution in [-0.4, -0.2) is 38.9 Å². The van der Waals surface area contributed by atoms with Gasteiger partial charge in [0.2, 0.25) is 0 Å². The SMILES string of the molecule is CC(C)(C)OC(=O)NCC1CCc2nc(-c3ccc(C(=O)O)cc3)cn2C1. The zero-order valence-electron chi connectivity index (χ0n) is 15.9. The van der Waals surface area contributed by atoms with E-state index in [0.29, 0.717) is 12.5 Å². The van der Waals surface area contributed by atoms with Crippen molar-refractivity contribution in [2.45, 2.75) is 45.8 Å². The first-order valence-corrected chi connectivity index (χ1v) is 9.08. The lowest BCUT2D eigenvalue weighted by Gasteiger charge is -2.25. The summed E-state index contributed by atoms with van der Waals surface area (Å²) in [4.78, 5) is 27.5. The number of fused-ring (bicyclic) bond motifs is 1. The van der Waals surface area contributed by atoms with Gasteiger partial charge in [-0.25, -0.2) is 14.6 Å². The minimum atomic E-state index is -0.939. The van der Waals surface area contributed by atoms with Gasteiger partial charge in [0, 0.05) is 31.3 Å². The third kappa shape index (κ3) is 4.87. The lowest BCUT2D eigenvalue weighted by Crippen LogP contribution is -2.37. The fraction of sp³-hybridized carbons (Fsp3) is 0.450. The van der Waals surface area contributed by atoms with E-state index in [1.54, 1.807) is 24.3 Å². The predicted molar refractivity (Wildman–Crippen MR) is 101 cm³/mol. The van der Waals surface area contributed by atoms with Crippen molar-refractivity contribution < 1.29 is 19.4 Å². The number of hydrogen-bond acceptors (Lipinski definition) is 4. The van der Waals surface area contributed by atoms with E-state index >= 15 is 0 Å². The number of benzene rings is 1. The maximum Gasteiger partial charge on any atom is 0.407 e. The molecule has 7 nitrogen and oxygen atoms in total. The van der Waals surface area contributed by atoms with Crippen LogP contribution in [0.25, 0.3) is 11.3 Å². The quantitative estimate of drug-likeness (QED) is 0.860. The number of carboxylic acids is 1. The van der Waals surface area contributed by atoms with Crippen molar-refractivity contribution in [2.24, 2.45) is 5.92 Å². The van der Waals surface area contributed by atoms with Crippen molar-refractivity contribution in [3.8, 4) is 11.3 Å². The molecule has 0 saturated carbocycles. The predicted octanol–water partition coefficient (Wildman–Crippen LogP) is 3.34. The van der Waals surface area contributed by atoms with Crippen LogP contribution in [0.5, 0.6) is 0 Å². The average Bonchev–Trinajstić information content (AvgIpc) is 3.02. The van der Waals surface area contributed by atoms with Crippen molar-refractivity contribution >= 4 is 12.1 Å². The van der Waals surface area contributed by atoms with Crippen LogP contribution in [-0.2, 0) is 17.7 Å². The Labute approximate surface area is 158 Å². The van der Waals surface area contributed by atoms with Crippen molar-refractivity contribution in [1.29, 1.82) is 0 Å². The van der Waals surface area contributed by atoms with Gasteiger partial charge in [0.1, 0.15) is 11.4 Å². The summed E-state index contributed by atoms with van der Waals surface area (Å²) < 4.78 is 7.39. The molecule has 1 aliphatic rings. The third-order valence-corrected chi connectivity index (χ3v) is 4.45. The van der Waals surface area contributed by atoms with E-state index in [4.69, 9.17) is 9.84 Å². The summed E-state index contributed by atoms with van der Waals surface area (Å²) >= 11 is 0. The molecule has 3 rings (SSSR count). The minimum absolute atomic E-state index is 0.260. The number of nitrogens with one attached hydrogen (secondary N) is 1. The second-order valence-electron chi connectivity index (χ2n) is 7.86. The van der Waals surface area contributed by atoms with Gasteiger partial charge in [-0.1, -0.05) is 12.1 Å². The van der Waals surface area contributed by atoms with Crippen LogP contribution >= 0.6 is 0 Å². The summed E-state index contributed by atoms with van der Waals surface area (Å²) in [5, 5.41) is 11.8. The molecule has 0 bridgehead atoms. The van der Waals surface area contributed by atoms with Gasteiger partial charge in [-0.05, 0) is 45.2 Å². The van der Waals surface area contributed by atoms with Crippen LogP contribution in [0.4, 0.5) is 4.79 Å². The Morgan fingerprint density at radius 1 is 1.30 bits per heavy atom. The lowest BCUT2D eigenvalue weighted by molar-refractivity contribution is 0.0514. The van der Waals surface area contributed by atoms with Gasteiger partial charge in [-0.3, -0.25) is 0 Å². The molecule has 1 unspecified atom stereocenters. The first-order valence-electron chi connectivity index (χ1n) is 9.08. The number of aryl methyl sites for hydroxylation is 1. The standard InChI is InChI=1S/C20H25N3O4/c1-20(2,3)27-19(26)21-10-13-4-9-17-22-16(12-23(17)11-13)14-5-7-15(8-6-14)18(24)25/h5-8,12-13H,4,9-11H2,1-3H3,(H,21,26)(H,24,25). The van der Waals surface area contributed by atoms with Crippen molar-refractivity contribution in [3.05, 3.63) is 41.9 Å². The molecule has 2 aromatic rings. The van der Waals surface area contributed by atoms with Gasteiger partial charge in [0.25, 0.3) is 0 Å². The number of hydrogen-bond donors (Lipinski definition) is 2. The Balaban J connectivity index is 1.62. The van der Waals surface area contributed by atoms with E-state index in [0.717, 1.165) is 36.5 Å². The van der Waals surface area contributed by atoms with E-state index in [9.17, 15) is 9.59 Å². The van der Waals surface area contributed by atoms with Crippen molar-refractivity contribution in [3.63, 3.8) is 0 Å². The number of carbonyl (C=O) groups is 2. The molecular weight excluding hydrogens is 346 g/mol. The molecule has 1 aliphatic heterocycles. The number of carboxylic acid groups (broad SMARTS) is 1. The van der Waals surface area contributed by atoms with Crippen LogP contribution in [0.2, 0.25) is 0 Å². The number of amides is 1. The summed E-state index contributed by atoms with van der Waals surface area (Å²) in [7, 11) is 0. The van der Waals surface area contributed by atoms with Crippen molar-refractivity contribution in [2.75, 3.05) is 6.54 Å². The maximum atomic E-state index is 11.8. The second-order valence-corrected chi connectivity index (χ2v) is 7.86. The van der Waals surface area contributed by atoms with Gasteiger partial charge in [-0.15, -0.1) is 0 Å². The highest BCUT2D eigenvalue weighted by atomic mass is 16.6. The average molecular weight is 371 g/mol. The molecule has 1 amide bonds. The highest BCUT2D eigenvalue weighted by Gasteiger charge is 2.23. The molecule has 2 N–H and O–H groups in total. The minimum Gasteiger partial charge on any atom is -0.478 e. The number of alkyl carbamates (subject to hydrolysis) is 1. The van der Waals surface area contributed by atoms with Gasteiger partial charge in [0.05, 0.1) is 11.3 Å². The number of carbonyl (C=O) groups excluding carboxylic acids is 1. The normalized spacial score (nSPS) is 16.5. The van der Waals surface area contributed by atoms with Gasteiger partial charge in [0.15, 0.2) is 0 Å². The maximum absolute atomic E-state index is 11.8. The molecule has 0 fully saturated rings. The highest BCUT2D eigenvalue weighted by Crippen LogP contribution is 2.25. The van der Waals surface area contributed by atoms with Crippen LogP contribution in [0.1, 0.15) is 43.4 Å². The Morgan fingerprint density at radius 3 is 2.63 bits per heavy atom. The van der Waals surface area contributed by atoms with E-state index < -0.39 is 17.7 Å². The van der Waals surface area contributed by atoms with Crippen LogP contribution in [0.3, 0.4) is 0 Å². The number of rotatable bonds is 4. The van der Waals surface area contributed by atoms with Gasteiger partial charge < -0.3 is 19.7 Å². The lowest BCUT2D eigenvalue weighted by atomic mass is 9.99. The molecular formula is C20H25N3O4. The smallest absolute Gasteiger partial charge is 0.407 e. The summed E-state index contributed by atoms with van der Waals surface area (Å²) in [5.74, 6) is 0.397. The molecule has 0 saturated heterocycles. The molecule has 0 aliphatic carbocycles. The number of ether oxygens (including phenoxy) is 1. The van der Waals surface area contributed by atoms with Crippen LogP contribution < -0.4 is 5.32 Å². The Hall–Kier alpha value is -2.83. The summed E-state index contributed by atoms with van der Waals surface area (Å²) in [5.41, 5.74) is 1.49. The van der Waals surface area contributed by atoms with Gasteiger partial charge in [-0.2, -0.15) is 0 Å². The van der Waals surface area contributed by atoms with Crippen molar-refractivity contribution in [1.82, 2.24) is 14.9 Å². The van der Waals surface area contributed by atoms with Gasteiger partial charge >= 0.3 is 12.1 Å². The van der Waals surface area contributed by atoms with Crippen LogP contribution in [0, 0.1) is 5.92 Å². The molecule has 0 radical (unpaired) electrons. The molecule has 27 heavy (non-hydrogen) atoms. The van der Waals surface area contributed by atoms with E-state index in [2.05, 4.69) is 14.9 Å². The van der Waals surface area contributed by atoms with E-state index in [1.165, 1.54) is 0 Å². The molecule has 1 aromatic heterocycles.